The van der Waals surface area contributed by atoms with Crippen molar-refractivity contribution >= 4 is 17.7 Å². The van der Waals surface area contributed by atoms with Crippen LogP contribution in [0.25, 0.3) is 0 Å². The first kappa shape index (κ1) is 19.5. The molecule has 0 aliphatic carbocycles. The van der Waals surface area contributed by atoms with E-state index in [2.05, 4.69) is 46.4 Å². The molecule has 1 amide bonds. The summed E-state index contributed by atoms with van der Waals surface area (Å²) >= 11 is 1.92. The first-order chi connectivity index (χ1) is 13.7. The molecule has 0 aromatic heterocycles. The van der Waals surface area contributed by atoms with Crippen LogP contribution in [0.4, 0.5) is 0 Å². The van der Waals surface area contributed by atoms with Crippen molar-refractivity contribution in [2.75, 3.05) is 44.7 Å². The smallest absolute Gasteiger partial charge is 0.253 e. The summed E-state index contributed by atoms with van der Waals surface area (Å²) in [7, 11) is 0. The molecule has 2 aliphatic heterocycles. The molecule has 0 N–H and O–H groups in total. The van der Waals surface area contributed by atoms with E-state index in [1.54, 1.807) is 0 Å². The Hall–Kier alpha value is -1.78. The van der Waals surface area contributed by atoms with Crippen molar-refractivity contribution < 1.29 is 4.79 Å². The number of carbonyl (C=O) groups excluding carboxylic acids is 1. The van der Waals surface area contributed by atoms with Gasteiger partial charge in [-0.1, -0.05) is 48.5 Å². The van der Waals surface area contributed by atoms with Gasteiger partial charge in [0, 0.05) is 49.5 Å². The summed E-state index contributed by atoms with van der Waals surface area (Å²) in [6, 6.07) is 20.6. The molecule has 2 fully saturated rings. The van der Waals surface area contributed by atoms with Crippen molar-refractivity contribution in [1.29, 1.82) is 0 Å². The molecule has 0 bridgehead atoms. The van der Waals surface area contributed by atoms with Gasteiger partial charge in [0.25, 0.3) is 5.91 Å². The minimum atomic E-state index is 0.199. The van der Waals surface area contributed by atoms with Gasteiger partial charge in [-0.15, -0.1) is 0 Å². The number of nitrogens with zero attached hydrogens (tertiary/aromatic N) is 2. The number of carbonyl (C=O) groups is 1. The second kappa shape index (κ2) is 8.71. The second-order valence-electron chi connectivity index (χ2n) is 8.32. The molecule has 2 atom stereocenters. The van der Waals surface area contributed by atoms with Gasteiger partial charge in [0.05, 0.1) is 0 Å². The minimum Gasteiger partial charge on any atom is -0.338 e. The van der Waals surface area contributed by atoms with E-state index in [0.717, 1.165) is 51.1 Å². The van der Waals surface area contributed by atoms with Gasteiger partial charge in [-0.3, -0.25) is 4.79 Å². The highest BCUT2D eigenvalue weighted by Gasteiger charge is 2.52. The molecule has 3 nitrogen and oxygen atoms in total. The zero-order valence-electron chi connectivity index (χ0n) is 16.7. The van der Waals surface area contributed by atoms with Crippen LogP contribution >= 0.6 is 11.8 Å². The SMILES string of the molecule is CSCCN1C[C@H]2CN(C(=O)c3ccccc3)C[C@@]2(CCc2ccccc2)C1. The number of fused-ring (bicyclic) bond motifs is 1. The molecule has 0 saturated carbocycles. The first-order valence-electron chi connectivity index (χ1n) is 10.3. The number of thioether (sulfide) groups is 1. The monoisotopic (exact) mass is 394 g/mol. The lowest BCUT2D eigenvalue weighted by Crippen LogP contribution is -2.37. The number of hydrogen-bond acceptors (Lipinski definition) is 3. The number of likely N-dealkylation sites (tertiary alicyclic amines) is 2. The minimum absolute atomic E-state index is 0.199. The van der Waals surface area contributed by atoms with Crippen LogP contribution in [0, 0.1) is 11.3 Å². The number of hydrogen-bond donors (Lipinski definition) is 0. The largest absolute Gasteiger partial charge is 0.338 e. The van der Waals surface area contributed by atoms with E-state index in [4.69, 9.17) is 0 Å². The molecular weight excluding hydrogens is 364 g/mol. The van der Waals surface area contributed by atoms with Crippen LogP contribution in [0.15, 0.2) is 60.7 Å². The van der Waals surface area contributed by atoms with Crippen molar-refractivity contribution in [2.45, 2.75) is 12.8 Å². The summed E-state index contributed by atoms with van der Waals surface area (Å²) in [5, 5.41) is 0. The fraction of sp³-hybridized carbons (Fsp3) is 0.458. The van der Waals surface area contributed by atoms with Crippen LogP contribution in [0.2, 0.25) is 0 Å². The lowest BCUT2D eigenvalue weighted by Gasteiger charge is -2.30. The van der Waals surface area contributed by atoms with E-state index in [9.17, 15) is 4.79 Å². The Kier molecular flexibility index (Phi) is 6.07. The van der Waals surface area contributed by atoms with Gasteiger partial charge >= 0.3 is 0 Å². The molecule has 148 valence electrons. The van der Waals surface area contributed by atoms with E-state index < -0.39 is 0 Å². The first-order valence-corrected chi connectivity index (χ1v) is 11.7. The molecule has 0 spiro atoms. The molecule has 0 radical (unpaired) electrons. The van der Waals surface area contributed by atoms with E-state index in [-0.39, 0.29) is 11.3 Å². The molecule has 28 heavy (non-hydrogen) atoms. The Morgan fingerprint density at radius 3 is 2.46 bits per heavy atom. The lowest BCUT2D eigenvalue weighted by atomic mass is 9.76. The Morgan fingerprint density at radius 1 is 1.04 bits per heavy atom. The van der Waals surface area contributed by atoms with E-state index >= 15 is 0 Å². The normalized spacial score (nSPS) is 24.5. The Morgan fingerprint density at radius 2 is 1.75 bits per heavy atom. The predicted octanol–water partition coefficient (Wildman–Crippen LogP) is 4.06. The summed E-state index contributed by atoms with van der Waals surface area (Å²) in [5.41, 5.74) is 2.46. The van der Waals surface area contributed by atoms with Crippen LogP contribution in [0.1, 0.15) is 22.3 Å². The van der Waals surface area contributed by atoms with Crippen molar-refractivity contribution in [3.63, 3.8) is 0 Å². The molecule has 4 heteroatoms. The highest BCUT2D eigenvalue weighted by molar-refractivity contribution is 7.98. The number of aryl methyl sites for hydroxylation is 1. The molecule has 2 heterocycles. The van der Waals surface area contributed by atoms with Crippen molar-refractivity contribution in [3.8, 4) is 0 Å². The maximum Gasteiger partial charge on any atom is 0.253 e. The third-order valence-corrected chi connectivity index (χ3v) is 7.09. The Bertz CT molecular complexity index is 782. The molecule has 2 saturated heterocycles. The van der Waals surface area contributed by atoms with Gasteiger partial charge in [-0.2, -0.15) is 11.8 Å². The summed E-state index contributed by atoms with van der Waals surface area (Å²) in [6.45, 7) is 5.22. The van der Waals surface area contributed by atoms with Gasteiger partial charge < -0.3 is 9.80 Å². The number of amides is 1. The average molecular weight is 395 g/mol. The van der Waals surface area contributed by atoms with Gasteiger partial charge in [0.2, 0.25) is 0 Å². The van der Waals surface area contributed by atoms with Crippen molar-refractivity contribution in [3.05, 3.63) is 71.8 Å². The van der Waals surface area contributed by atoms with E-state index in [1.807, 2.05) is 42.1 Å². The Labute approximate surface area is 173 Å². The van der Waals surface area contributed by atoms with Crippen LogP contribution < -0.4 is 0 Å². The third-order valence-electron chi connectivity index (χ3n) is 6.50. The fourth-order valence-corrected chi connectivity index (χ4v) is 5.44. The standard InChI is InChI=1S/C24H30N2OS/c1-28-15-14-25-16-22-17-26(23(27)21-10-6-3-7-11-21)19-24(22,18-25)13-12-20-8-4-2-5-9-20/h2-11,22H,12-19H2,1H3/t22-,24+/m0/s1. The van der Waals surface area contributed by atoms with Gasteiger partial charge in [0.1, 0.15) is 0 Å². The Balaban J connectivity index is 1.49. The maximum atomic E-state index is 13.1. The molecule has 2 aromatic carbocycles. The number of rotatable bonds is 7. The van der Waals surface area contributed by atoms with E-state index in [1.165, 1.54) is 11.3 Å². The van der Waals surface area contributed by atoms with Crippen LogP contribution in [0.5, 0.6) is 0 Å². The predicted molar refractivity (Wildman–Crippen MR) is 118 cm³/mol. The van der Waals surface area contributed by atoms with Gasteiger partial charge in [-0.25, -0.2) is 0 Å². The van der Waals surface area contributed by atoms with E-state index in [0.29, 0.717) is 5.92 Å². The van der Waals surface area contributed by atoms with Crippen LogP contribution in [0.3, 0.4) is 0 Å². The zero-order chi connectivity index (χ0) is 19.4. The summed E-state index contributed by atoms with van der Waals surface area (Å²) in [4.78, 5) is 17.8. The van der Waals surface area contributed by atoms with Crippen molar-refractivity contribution in [1.82, 2.24) is 9.80 Å². The third kappa shape index (κ3) is 4.13. The maximum absolute atomic E-state index is 13.1. The lowest BCUT2D eigenvalue weighted by molar-refractivity contribution is 0.0757. The van der Waals surface area contributed by atoms with Crippen LogP contribution in [-0.4, -0.2) is 60.4 Å². The molecular formula is C24H30N2OS. The summed E-state index contributed by atoms with van der Waals surface area (Å²) in [5.74, 6) is 1.98. The fourth-order valence-electron chi connectivity index (χ4n) is 4.99. The molecule has 2 aromatic rings. The van der Waals surface area contributed by atoms with Crippen LogP contribution in [-0.2, 0) is 6.42 Å². The van der Waals surface area contributed by atoms with Gasteiger partial charge in [-0.05, 0) is 42.7 Å². The highest BCUT2D eigenvalue weighted by Crippen LogP contribution is 2.46. The number of benzene rings is 2. The average Bonchev–Trinajstić information content (AvgIpc) is 3.25. The van der Waals surface area contributed by atoms with Crippen molar-refractivity contribution in [2.24, 2.45) is 11.3 Å². The molecule has 0 unspecified atom stereocenters. The van der Waals surface area contributed by atoms with Gasteiger partial charge in [0.15, 0.2) is 0 Å². The highest BCUT2D eigenvalue weighted by atomic mass is 32.2. The zero-order valence-corrected chi connectivity index (χ0v) is 17.5. The molecule has 2 aliphatic rings. The quantitative estimate of drug-likeness (QED) is 0.708. The summed E-state index contributed by atoms with van der Waals surface area (Å²) in [6.07, 6.45) is 4.44. The molecule has 4 rings (SSSR count). The second-order valence-corrected chi connectivity index (χ2v) is 9.31. The summed E-state index contributed by atoms with van der Waals surface area (Å²) < 4.78 is 0. The topological polar surface area (TPSA) is 23.6 Å².